The summed E-state index contributed by atoms with van der Waals surface area (Å²) in [5, 5.41) is 0. The number of benzene rings is 1. The largest absolute Gasteiger partial charge is 0.379 e. The van der Waals surface area contributed by atoms with Crippen LogP contribution in [-0.4, -0.2) is 49.7 Å². The van der Waals surface area contributed by atoms with Crippen molar-refractivity contribution < 1.29 is 9.53 Å². The van der Waals surface area contributed by atoms with Gasteiger partial charge in [-0.15, -0.1) is 0 Å². The van der Waals surface area contributed by atoms with Crippen LogP contribution in [0.3, 0.4) is 0 Å². The Bertz CT molecular complexity index is 415. The van der Waals surface area contributed by atoms with Crippen molar-refractivity contribution in [3.63, 3.8) is 0 Å². The molecule has 0 bridgehead atoms. The van der Waals surface area contributed by atoms with Crippen molar-refractivity contribution >= 4 is 11.6 Å². The second kappa shape index (κ2) is 5.08. The lowest BCUT2D eigenvalue weighted by Gasteiger charge is -2.31. The summed E-state index contributed by atoms with van der Waals surface area (Å²) < 4.78 is 5.34. The van der Waals surface area contributed by atoms with Crippen LogP contribution in [0.2, 0.25) is 0 Å². The molecule has 2 heterocycles. The third-order valence-electron chi connectivity index (χ3n) is 3.73. The van der Waals surface area contributed by atoms with Crippen LogP contribution in [-0.2, 0) is 9.53 Å². The summed E-state index contributed by atoms with van der Waals surface area (Å²) in [6, 6.07) is 9.98. The number of nitrogens with zero attached hydrogens (tertiary/aromatic N) is 2. The molecular weight excluding hydrogens is 228 g/mol. The van der Waals surface area contributed by atoms with Crippen LogP contribution >= 0.6 is 0 Å². The Kier molecular flexibility index (Phi) is 3.30. The number of para-hydroxylation sites is 1. The Morgan fingerprint density at radius 2 is 1.78 bits per heavy atom. The van der Waals surface area contributed by atoms with Crippen molar-refractivity contribution in [3.05, 3.63) is 30.3 Å². The van der Waals surface area contributed by atoms with Gasteiger partial charge < -0.3 is 9.64 Å². The lowest BCUT2D eigenvalue weighted by molar-refractivity contribution is -0.123. The summed E-state index contributed by atoms with van der Waals surface area (Å²) in [6.07, 6.45) is 0.924. The third-order valence-corrected chi connectivity index (χ3v) is 3.73. The predicted molar refractivity (Wildman–Crippen MR) is 69.6 cm³/mol. The van der Waals surface area contributed by atoms with E-state index in [1.54, 1.807) is 0 Å². The molecule has 0 saturated carbocycles. The van der Waals surface area contributed by atoms with E-state index >= 15 is 0 Å². The van der Waals surface area contributed by atoms with Crippen LogP contribution in [0.5, 0.6) is 0 Å². The number of morpholine rings is 1. The molecule has 2 saturated heterocycles. The lowest BCUT2D eigenvalue weighted by Crippen LogP contribution is -2.47. The van der Waals surface area contributed by atoms with Gasteiger partial charge in [-0.2, -0.15) is 0 Å². The van der Waals surface area contributed by atoms with Gasteiger partial charge in [0, 0.05) is 25.3 Å². The van der Waals surface area contributed by atoms with Crippen molar-refractivity contribution in [3.8, 4) is 0 Å². The fourth-order valence-corrected chi connectivity index (χ4v) is 2.76. The first kappa shape index (κ1) is 11.7. The maximum absolute atomic E-state index is 12.4. The fourth-order valence-electron chi connectivity index (χ4n) is 2.76. The second-order valence-corrected chi connectivity index (χ2v) is 4.78. The molecule has 1 atom stereocenters. The monoisotopic (exact) mass is 246 g/mol. The topological polar surface area (TPSA) is 32.8 Å². The summed E-state index contributed by atoms with van der Waals surface area (Å²) >= 11 is 0. The van der Waals surface area contributed by atoms with Crippen molar-refractivity contribution in [1.29, 1.82) is 0 Å². The number of anilines is 1. The molecule has 1 aromatic carbocycles. The van der Waals surface area contributed by atoms with Crippen molar-refractivity contribution in [1.82, 2.24) is 4.90 Å². The summed E-state index contributed by atoms with van der Waals surface area (Å²) in [7, 11) is 0. The molecule has 2 fully saturated rings. The molecule has 18 heavy (non-hydrogen) atoms. The van der Waals surface area contributed by atoms with Crippen LogP contribution in [0.15, 0.2) is 30.3 Å². The molecule has 1 amide bonds. The van der Waals surface area contributed by atoms with Gasteiger partial charge in [0.05, 0.1) is 19.3 Å². The van der Waals surface area contributed by atoms with E-state index in [2.05, 4.69) is 4.90 Å². The van der Waals surface area contributed by atoms with Gasteiger partial charge in [0.1, 0.15) is 0 Å². The Hall–Kier alpha value is -1.39. The highest BCUT2D eigenvalue weighted by atomic mass is 16.5. The van der Waals surface area contributed by atoms with E-state index in [0.29, 0.717) is 0 Å². The average Bonchev–Trinajstić information content (AvgIpc) is 2.83. The molecule has 2 aliphatic heterocycles. The van der Waals surface area contributed by atoms with Crippen LogP contribution < -0.4 is 4.90 Å². The van der Waals surface area contributed by atoms with Crippen LogP contribution in [0.4, 0.5) is 5.69 Å². The molecule has 0 aromatic heterocycles. The minimum Gasteiger partial charge on any atom is -0.379 e. The molecule has 0 unspecified atom stereocenters. The maximum atomic E-state index is 12.4. The smallest absolute Gasteiger partial charge is 0.244 e. The summed E-state index contributed by atoms with van der Waals surface area (Å²) in [6.45, 7) is 4.06. The Morgan fingerprint density at radius 1 is 1.06 bits per heavy atom. The Balaban J connectivity index is 1.72. The first-order chi connectivity index (χ1) is 8.86. The maximum Gasteiger partial charge on any atom is 0.244 e. The summed E-state index contributed by atoms with van der Waals surface area (Å²) in [5.41, 5.74) is 1.01. The standard InChI is InChI=1S/C14H18N2O2/c17-14-13(15-8-10-18-11-9-15)6-7-16(14)12-4-2-1-3-5-12/h1-5,13H,6-11H2/t13-/m1/s1. The SMILES string of the molecule is O=C1[C@H](N2CCOCC2)CCN1c1ccccc1. The molecule has 3 rings (SSSR count). The minimum atomic E-state index is 0.0501. The second-order valence-electron chi connectivity index (χ2n) is 4.78. The van der Waals surface area contributed by atoms with E-state index in [-0.39, 0.29) is 11.9 Å². The number of ether oxygens (including phenoxy) is 1. The highest BCUT2D eigenvalue weighted by Gasteiger charge is 2.36. The Labute approximate surface area is 107 Å². The van der Waals surface area contributed by atoms with E-state index < -0.39 is 0 Å². The van der Waals surface area contributed by atoms with Gasteiger partial charge in [0.25, 0.3) is 0 Å². The van der Waals surface area contributed by atoms with E-state index in [4.69, 9.17) is 4.74 Å². The van der Waals surface area contributed by atoms with Gasteiger partial charge in [-0.1, -0.05) is 18.2 Å². The molecule has 4 heteroatoms. The predicted octanol–water partition coefficient (Wildman–Crippen LogP) is 1.12. The first-order valence-electron chi connectivity index (χ1n) is 6.54. The molecule has 0 N–H and O–H groups in total. The highest BCUT2D eigenvalue weighted by Crippen LogP contribution is 2.24. The third kappa shape index (κ3) is 2.13. The van der Waals surface area contributed by atoms with Crippen molar-refractivity contribution in [2.24, 2.45) is 0 Å². The van der Waals surface area contributed by atoms with Crippen molar-refractivity contribution in [2.75, 3.05) is 37.7 Å². The molecule has 2 aliphatic rings. The first-order valence-corrected chi connectivity index (χ1v) is 6.54. The highest BCUT2D eigenvalue weighted by molar-refractivity contribution is 5.99. The minimum absolute atomic E-state index is 0.0501. The van der Waals surface area contributed by atoms with E-state index in [0.717, 1.165) is 45.0 Å². The van der Waals surface area contributed by atoms with Gasteiger partial charge in [-0.3, -0.25) is 9.69 Å². The van der Waals surface area contributed by atoms with Crippen LogP contribution in [0, 0.1) is 0 Å². The molecule has 1 aromatic rings. The van der Waals surface area contributed by atoms with Crippen LogP contribution in [0.25, 0.3) is 0 Å². The summed E-state index contributed by atoms with van der Waals surface area (Å²) in [4.78, 5) is 16.6. The van der Waals surface area contributed by atoms with E-state index in [1.165, 1.54) is 0 Å². The molecular formula is C14H18N2O2. The summed E-state index contributed by atoms with van der Waals surface area (Å²) in [5.74, 6) is 0.239. The number of carbonyl (C=O) groups is 1. The molecule has 0 spiro atoms. The van der Waals surface area contributed by atoms with Crippen molar-refractivity contribution in [2.45, 2.75) is 12.5 Å². The van der Waals surface area contributed by atoms with Crippen LogP contribution in [0.1, 0.15) is 6.42 Å². The molecule has 0 aliphatic carbocycles. The fraction of sp³-hybridized carbons (Fsp3) is 0.500. The number of hydrogen-bond donors (Lipinski definition) is 0. The zero-order chi connectivity index (χ0) is 12.4. The van der Waals surface area contributed by atoms with Gasteiger partial charge in [-0.25, -0.2) is 0 Å². The number of amides is 1. The quantitative estimate of drug-likeness (QED) is 0.784. The Morgan fingerprint density at radius 3 is 2.50 bits per heavy atom. The molecule has 4 nitrogen and oxygen atoms in total. The average molecular weight is 246 g/mol. The molecule has 96 valence electrons. The number of carbonyl (C=O) groups excluding carboxylic acids is 1. The van der Waals surface area contributed by atoms with Gasteiger partial charge in [-0.05, 0) is 18.6 Å². The molecule has 0 radical (unpaired) electrons. The number of hydrogen-bond acceptors (Lipinski definition) is 3. The lowest BCUT2D eigenvalue weighted by atomic mass is 10.2. The van der Waals surface area contributed by atoms with Gasteiger partial charge in [0.15, 0.2) is 0 Å². The zero-order valence-corrected chi connectivity index (χ0v) is 10.4. The number of rotatable bonds is 2. The zero-order valence-electron chi connectivity index (χ0n) is 10.4. The normalized spacial score (nSPS) is 25.7. The van der Waals surface area contributed by atoms with E-state index in [9.17, 15) is 4.79 Å². The van der Waals surface area contributed by atoms with Gasteiger partial charge in [0.2, 0.25) is 5.91 Å². The van der Waals surface area contributed by atoms with E-state index in [1.807, 2.05) is 35.2 Å². The van der Waals surface area contributed by atoms with Gasteiger partial charge >= 0.3 is 0 Å².